The van der Waals surface area contributed by atoms with E-state index in [0.29, 0.717) is 12.2 Å². The lowest BCUT2D eigenvalue weighted by molar-refractivity contribution is -0.135. The van der Waals surface area contributed by atoms with E-state index >= 15 is 0 Å². The number of carbonyl (C=O) groups is 1. The van der Waals surface area contributed by atoms with E-state index in [9.17, 15) is 4.79 Å². The first-order valence-corrected chi connectivity index (χ1v) is 6.92. The third-order valence-corrected chi connectivity index (χ3v) is 4.00. The van der Waals surface area contributed by atoms with Gasteiger partial charge >= 0.3 is 5.97 Å². The second-order valence-electron chi connectivity index (χ2n) is 4.63. The van der Waals surface area contributed by atoms with Crippen LogP contribution >= 0.6 is 11.7 Å². The molecule has 0 radical (unpaired) electrons. The molecular weight excluding hydrogens is 274 g/mol. The maximum absolute atomic E-state index is 11.8. The SMILES string of the molecule is O=C1C[C@@H](c2cccnc2)c2c(ccc3nsnc23)O1. The minimum absolute atomic E-state index is 0.0763. The number of hydrogen-bond acceptors (Lipinski definition) is 6. The Labute approximate surface area is 118 Å². The van der Waals surface area contributed by atoms with Gasteiger partial charge in [-0.25, -0.2) is 0 Å². The van der Waals surface area contributed by atoms with Crippen molar-refractivity contribution >= 4 is 28.7 Å². The number of aromatic nitrogens is 3. The van der Waals surface area contributed by atoms with Crippen molar-refractivity contribution in [2.24, 2.45) is 0 Å². The molecule has 20 heavy (non-hydrogen) atoms. The van der Waals surface area contributed by atoms with E-state index in [4.69, 9.17) is 4.74 Å². The van der Waals surface area contributed by atoms with Gasteiger partial charge < -0.3 is 4.74 Å². The Morgan fingerprint density at radius 1 is 1.25 bits per heavy atom. The molecule has 3 heterocycles. The molecule has 4 rings (SSSR count). The highest BCUT2D eigenvalue weighted by Gasteiger charge is 2.31. The predicted octanol–water partition coefficient (Wildman–Crippen LogP) is 2.53. The fourth-order valence-corrected chi connectivity index (χ4v) is 3.13. The summed E-state index contributed by atoms with van der Waals surface area (Å²) in [7, 11) is 0. The van der Waals surface area contributed by atoms with E-state index < -0.39 is 0 Å². The first kappa shape index (κ1) is 11.5. The maximum Gasteiger partial charge on any atom is 0.312 e. The minimum atomic E-state index is -0.228. The zero-order valence-corrected chi connectivity index (χ0v) is 11.1. The monoisotopic (exact) mass is 283 g/mol. The molecule has 1 atom stereocenters. The van der Waals surface area contributed by atoms with Crippen molar-refractivity contribution in [3.8, 4) is 5.75 Å². The first-order chi connectivity index (χ1) is 9.83. The van der Waals surface area contributed by atoms with Crippen molar-refractivity contribution in [3.63, 3.8) is 0 Å². The summed E-state index contributed by atoms with van der Waals surface area (Å²) in [6.07, 6.45) is 3.80. The molecule has 6 heteroatoms. The molecule has 1 aliphatic heterocycles. The van der Waals surface area contributed by atoms with Gasteiger partial charge in [0, 0.05) is 23.9 Å². The smallest absolute Gasteiger partial charge is 0.312 e. The third-order valence-electron chi connectivity index (χ3n) is 3.46. The summed E-state index contributed by atoms with van der Waals surface area (Å²) in [4.78, 5) is 15.9. The molecule has 0 saturated carbocycles. The molecule has 1 aliphatic rings. The van der Waals surface area contributed by atoms with Crippen LogP contribution in [0.2, 0.25) is 0 Å². The van der Waals surface area contributed by atoms with E-state index in [1.54, 1.807) is 18.5 Å². The van der Waals surface area contributed by atoms with Gasteiger partial charge in [0.1, 0.15) is 16.8 Å². The summed E-state index contributed by atoms with van der Waals surface area (Å²) >= 11 is 1.17. The molecule has 3 aromatic rings. The fourth-order valence-electron chi connectivity index (χ4n) is 2.58. The number of hydrogen-bond donors (Lipinski definition) is 0. The molecule has 0 aliphatic carbocycles. The second kappa shape index (κ2) is 4.35. The molecule has 0 bridgehead atoms. The average molecular weight is 283 g/mol. The van der Waals surface area contributed by atoms with Crippen molar-refractivity contribution in [3.05, 3.63) is 47.8 Å². The number of fused-ring (bicyclic) bond motifs is 3. The zero-order valence-electron chi connectivity index (χ0n) is 10.3. The molecule has 98 valence electrons. The van der Waals surface area contributed by atoms with E-state index in [2.05, 4.69) is 13.7 Å². The predicted molar refractivity (Wildman–Crippen MR) is 73.7 cm³/mol. The number of pyridine rings is 1. The van der Waals surface area contributed by atoms with Crippen molar-refractivity contribution < 1.29 is 9.53 Å². The van der Waals surface area contributed by atoms with Gasteiger partial charge in [0.05, 0.1) is 18.1 Å². The summed E-state index contributed by atoms with van der Waals surface area (Å²) in [5.41, 5.74) is 3.57. The highest BCUT2D eigenvalue weighted by atomic mass is 32.1. The number of nitrogens with zero attached hydrogens (tertiary/aromatic N) is 3. The van der Waals surface area contributed by atoms with Crippen LogP contribution in [0.5, 0.6) is 5.75 Å². The highest BCUT2D eigenvalue weighted by molar-refractivity contribution is 7.00. The lowest BCUT2D eigenvalue weighted by Gasteiger charge is -2.24. The van der Waals surface area contributed by atoms with Crippen molar-refractivity contribution in [1.82, 2.24) is 13.7 Å². The quantitative estimate of drug-likeness (QED) is 0.507. The van der Waals surface area contributed by atoms with E-state index in [-0.39, 0.29) is 11.9 Å². The van der Waals surface area contributed by atoms with Crippen LogP contribution in [-0.2, 0) is 4.79 Å². The summed E-state index contributed by atoms with van der Waals surface area (Å²) < 4.78 is 13.9. The number of carbonyl (C=O) groups excluding carboxylic acids is 1. The van der Waals surface area contributed by atoms with Crippen LogP contribution in [0.1, 0.15) is 23.5 Å². The van der Waals surface area contributed by atoms with E-state index in [1.807, 2.05) is 18.2 Å². The van der Waals surface area contributed by atoms with Gasteiger partial charge in [0.25, 0.3) is 0 Å². The van der Waals surface area contributed by atoms with E-state index in [1.165, 1.54) is 11.7 Å². The van der Waals surface area contributed by atoms with Gasteiger partial charge in [0.15, 0.2) is 0 Å². The molecule has 1 aromatic carbocycles. The van der Waals surface area contributed by atoms with Gasteiger partial charge in [-0.05, 0) is 23.8 Å². The summed E-state index contributed by atoms with van der Waals surface area (Å²) in [6.45, 7) is 0. The molecule has 0 saturated heterocycles. The summed E-state index contributed by atoms with van der Waals surface area (Å²) in [5.74, 6) is 0.275. The molecule has 0 N–H and O–H groups in total. The van der Waals surface area contributed by atoms with Gasteiger partial charge in [-0.3, -0.25) is 9.78 Å². The Bertz CT molecular complexity index is 801. The Morgan fingerprint density at radius 2 is 2.20 bits per heavy atom. The zero-order chi connectivity index (χ0) is 13.5. The van der Waals surface area contributed by atoms with Crippen LogP contribution in [0.25, 0.3) is 11.0 Å². The fraction of sp³-hybridized carbons (Fsp3) is 0.143. The van der Waals surface area contributed by atoms with Crippen LogP contribution in [0.3, 0.4) is 0 Å². The van der Waals surface area contributed by atoms with Gasteiger partial charge in [-0.2, -0.15) is 8.75 Å². The van der Waals surface area contributed by atoms with Crippen LogP contribution in [-0.4, -0.2) is 19.7 Å². The number of esters is 1. The van der Waals surface area contributed by atoms with Gasteiger partial charge in [-0.15, -0.1) is 0 Å². The van der Waals surface area contributed by atoms with Gasteiger partial charge in [0.2, 0.25) is 0 Å². The molecule has 0 unspecified atom stereocenters. The van der Waals surface area contributed by atoms with Crippen molar-refractivity contribution in [2.75, 3.05) is 0 Å². The summed E-state index contributed by atoms with van der Waals surface area (Å²) in [6, 6.07) is 7.46. The second-order valence-corrected chi connectivity index (χ2v) is 5.15. The Hall–Kier alpha value is -2.34. The van der Waals surface area contributed by atoms with Crippen LogP contribution in [0.4, 0.5) is 0 Å². The lowest BCUT2D eigenvalue weighted by atomic mass is 9.86. The van der Waals surface area contributed by atoms with Crippen molar-refractivity contribution in [1.29, 1.82) is 0 Å². The van der Waals surface area contributed by atoms with E-state index in [0.717, 1.165) is 22.2 Å². The minimum Gasteiger partial charge on any atom is -0.426 e. The normalized spacial score (nSPS) is 17.8. The summed E-state index contributed by atoms with van der Waals surface area (Å²) in [5, 5.41) is 0. The van der Waals surface area contributed by atoms with Crippen LogP contribution < -0.4 is 4.74 Å². The van der Waals surface area contributed by atoms with Crippen molar-refractivity contribution in [2.45, 2.75) is 12.3 Å². The Morgan fingerprint density at radius 3 is 3.05 bits per heavy atom. The Kier molecular flexibility index (Phi) is 2.50. The number of rotatable bonds is 1. The molecule has 0 fully saturated rings. The number of benzene rings is 1. The largest absolute Gasteiger partial charge is 0.426 e. The number of ether oxygens (including phenoxy) is 1. The maximum atomic E-state index is 11.8. The topological polar surface area (TPSA) is 65.0 Å². The van der Waals surface area contributed by atoms with Gasteiger partial charge in [-0.1, -0.05) is 6.07 Å². The standard InChI is InChI=1S/C14H9N3O2S/c18-12-6-9(8-2-1-5-15-7-8)13-11(19-12)4-3-10-14(13)17-20-16-10/h1-5,7,9H,6H2/t9-/m0/s1. The van der Waals surface area contributed by atoms with Crippen LogP contribution in [0.15, 0.2) is 36.7 Å². The third kappa shape index (κ3) is 1.69. The van der Waals surface area contributed by atoms with Crippen LogP contribution in [0, 0.1) is 0 Å². The Balaban J connectivity index is 1.99. The average Bonchev–Trinajstić information content (AvgIpc) is 2.95. The lowest BCUT2D eigenvalue weighted by Crippen LogP contribution is -2.21. The highest BCUT2D eigenvalue weighted by Crippen LogP contribution is 2.41. The molecular formula is C14H9N3O2S. The molecule has 5 nitrogen and oxygen atoms in total. The first-order valence-electron chi connectivity index (χ1n) is 6.18. The molecule has 2 aromatic heterocycles. The molecule has 0 spiro atoms. The molecule has 0 amide bonds.